The predicted octanol–water partition coefficient (Wildman–Crippen LogP) is 0.676. The molecule has 3 rings (SSSR count). The fraction of sp³-hybridized carbons (Fsp3) is 0.583. The average Bonchev–Trinajstić information content (AvgIpc) is 2.87. The van der Waals surface area contributed by atoms with Gasteiger partial charge >= 0.3 is 0 Å². The third-order valence-corrected chi connectivity index (χ3v) is 3.67. The van der Waals surface area contributed by atoms with Crippen molar-refractivity contribution in [3.8, 4) is 0 Å². The van der Waals surface area contributed by atoms with Crippen LogP contribution in [0.4, 0.5) is 11.8 Å². The number of aliphatic hydroxyl groups is 1. The van der Waals surface area contributed by atoms with Crippen molar-refractivity contribution in [2.24, 2.45) is 0 Å². The highest BCUT2D eigenvalue weighted by atomic mass is 16.3. The van der Waals surface area contributed by atoms with Crippen LogP contribution in [0.2, 0.25) is 0 Å². The Balaban J connectivity index is 2.03. The largest absolute Gasteiger partial charge is 0.396 e. The summed E-state index contributed by atoms with van der Waals surface area (Å²) >= 11 is 0. The highest BCUT2D eigenvalue weighted by Gasteiger charge is 2.25. The Morgan fingerprint density at radius 3 is 3.16 bits per heavy atom. The maximum absolute atomic E-state index is 9.21. The number of anilines is 2. The number of nitrogens with two attached hydrogens (primary N) is 1. The van der Waals surface area contributed by atoms with Crippen LogP contribution in [-0.4, -0.2) is 44.5 Å². The summed E-state index contributed by atoms with van der Waals surface area (Å²) in [6.07, 6.45) is 5.88. The smallest absolute Gasteiger partial charge is 0.224 e. The molecule has 19 heavy (non-hydrogen) atoms. The maximum atomic E-state index is 9.21. The molecule has 0 aromatic carbocycles. The molecule has 1 unspecified atom stereocenters. The van der Waals surface area contributed by atoms with Gasteiger partial charge in [-0.15, -0.1) is 0 Å². The molecule has 102 valence electrons. The Hall–Kier alpha value is -1.89. The van der Waals surface area contributed by atoms with E-state index in [1.54, 1.807) is 6.20 Å². The highest BCUT2D eigenvalue weighted by Crippen LogP contribution is 2.30. The standard InChI is InChI=1S/C12H18N6O/c13-12-15-10-9(7-14-17-10)11(16-12)18-5-2-1-3-8(18)4-6-19/h7-8,19H,1-6H2,(H3,13,14,15,16,17). The van der Waals surface area contributed by atoms with Gasteiger partial charge in [0.2, 0.25) is 5.95 Å². The summed E-state index contributed by atoms with van der Waals surface area (Å²) in [6, 6.07) is 0.311. The number of piperidine rings is 1. The van der Waals surface area contributed by atoms with E-state index in [0.717, 1.165) is 37.0 Å². The van der Waals surface area contributed by atoms with Gasteiger partial charge in [-0.25, -0.2) is 0 Å². The Labute approximate surface area is 110 Å². The highest BCUT2D eigenvalue weighted by molar-refractivity contribution is 5.87. The van der Waals surface area contributed by atoms with E-state index in [4.69, 9.17) is 5.73 Å². The van der Waals surface area contributed by atoms with Crippen LogP contribution >= 0.6 is 0 Å². The van der Waals surface area contributed by atoms with Crippen molar-refractivity contribution < 1.29 is 5.11 Å². The Bertz CT molecular complexity index is 566. The van der Waals surface area contributed by atoms with E-state index in [2.05, 4.69) is 25.1 Å². The van der Waals surface area contributed by atoms with Gasteiger partial charge in [-0.1, -0.05) is 0 Å². The van der Waals surface area contributed by atoms with Gasteiger partial charge in [0.15, 0.2) is 5.65 Å². The molecule has 0 radical (unpaired) electrons. The number of rotatable bonds is 3. The SMILES string of the molecule is Nc1nc(N2CCCCC2CCO)c2cn[nH]c2n1. The third kappa shape index (κ3) is 2.21. The van der Waals surface area contributed by atoms with Gasteiger partial charge in [0.25, 0.3) is 0 Å². The monoisotopic (exact) mass is 262 g/mol. The lowest BCUT2D eigenvalue weighted by molar-refractivity contribution is 0.262. The molecular weight excluding hydrogens is 244 g/mol. The van der Waals surface area contributed by atoms with Crippen molar-refractivity contribution >= 4 is 22.8 Å². The molecule has 1 atom stereocenters. The summed E-state index contributed by atoms with van der Waals surface area (Å²) in [4.78, 5) is 10.7. The molecule has 1 aliphatic heterocycles. The topological polar surface area (TPSA) is 104 Å². The van der Waals surface area contributed by atoms with E-state index >= 15 is 0 Å². The van der Waals surface area contributed by atoms with Crippen LogP contribution in [0.3, 0.4) is 0 Å². The molecule has 1 saturated heterocycles. The molecule has 0 saturated carbocycles. The molecule has 2 aromatic heterocycles. The first kappa shape index (κ1) is 12.2. The fourth-order valence-corrected chi connectivity index (χ4v) is 2.78. The van der Waals surface area contributed by atoms with E-state index in [1.165, 1.54) is 6.42 Å². The summed E-state index contributed by atoms with van der Waals surface area (Å²) in [5, 5.41) is 16.9. The van der Waals surface area contributed by atoms with Crippen molar-refractivity contribution in [3.63, 3.8) is 0 Å². The zero-order valence-corrected chi connectivity index (χ0v) is 10.7. The minimum absolute atomic E-state index is 0.191. The molecule has 4 N–H and O–H groups in total. The van der Waals surface area contributed by atoms with Crippen LogP contribution in [0.5, 0.6) is 0 Å². The average molecular weight is 262 g/mol. The Morgan fingerprint density at radius 1 is 1.42 bits per heavy atom. The maximum Gasteiger partial charge on any atom is 0.224 e. The van der Waals surface area contributed by atoms with E-state index in [1.807, 2.05) is 0 Å². The lowest BCUT2D eigenvalue weighted by Gasteiger charge is -2.36. The number of fused-ring (bicyclic) bond motifs is 1. The number of hydrogen-bond acceptors (Lipinski definition) is 6. The zero-order valence-electron chi connectivity index (χ0n) is 10.7. The Kier molecular flexibility index (Phi) is 3.20. The second-order valence-electron chi connectivity index (χ2n) is 4.89. The molecule has 1 aliphatic rings. The lowest BCUT2D eigenvalue weighted by Crippen LogP contribution is -2.40. The summed E-state index contributed by atoms with van der Waals surface area (Å²) < 4.78 is 0. The first-order chi connectivity index (χ1) is 9.29. The van der Waals surface area contributed by atoms with Crippen LogP contribution in [0, 0.1) is 0 Å². The Morgan fingerprint density at radius 2 is 2.32 bits per heavy atom. The summed E-state index contributed by atoms with van der Waals surface area (Å²) in [5.41, 5.74) is 6.43. The van der Waals surface area contributed by atoms with E-state index in [0.29, 0.717) is 11.7 Å². The zero-order chi connectivity index (χ0) is 13.2. The second-order valence-corrected chi connectivity index (χ2v) is 4.89. The van der Waals surface area contributed by atoms with Gasteiger partial charge in [0.1, 0.15) is 5.82 Å². The quantitative estimate of drug-likeness (QED) is 0.751. The van der Waals surface area contributed by atoms with E-state index in [-0.39, 0.29) is 12.6 Å². The minimum Gasteiger partial charge on any atom is -0.396 e. The van der Waals surface area contributed by atoms with Gasteiger partial charge in [-0.05, 0) is 25.7 Å². The molecule has 2 aromatic rings. The van der Waals surface area contributed by atoms with Crippen molar-refractivity contribution in [1.82, 2.24) is 20.2 Å². The third-order valence-electron chi connectivity index (χ3n) is 3.67. The van der Waals surface area contributed by atoms with Gasteiger partial charge in [-0.3, -0.25) is 5.10 Å². The minimum atomic E-state index is 0.191. The predicted molar refractivity (Wildman–Crippen MR) is 72.8 cm³/mol. The van der Waals surface area contributed by atoms with Crippen LogP contribution in [-0.2, 0) is 0 Å². The molecule has 0 amide bonds. The molecule has 3 heterocycles. The molecule has 1 fully saturated rings. The van der Waals surface area contributed by atoms with E-state index < -0.39 is 0 Å². The van der Waals surface area contributed by atoms with E-state index in [9.17, 15) is 5.11 Å². The fourth-order valence-electron chi connectivity index (χ4n) is 2.78. The summed E-state index contributed by atoms with van der Waals surface area (Å²) in [5.74, 6) is 1.08. The summed E-state index contributed by atoms with van der Waals surface area (Å²) in [7, 11) is 0. The van der Waals surface area contributed by atoms with Crippen LogP contribution in [0.15, 0.2) is 6.20 Å². The molecule has 7 heteroatoms. The van der Waals surface area contributed by atoms with Gasteiger partial charge < -0.3 is 15.7 Å². The normalized spacial score (nSPS) is 20.1. The summed E-state index contributed by atoms with van der Waals surface area (Å²) in [6.45, 7) is 1.12. The first-order valence-corrected chi connectivity index (χ1v) is 6.63. The van der Waals surface area contributed by atoms with Gasteiger partial charge in [0, 0.05) is 19.2 Å². The van der Waals surface area contributed by atoms with Crippen LogP contribution < -0.4 is 10.6 Å². The number of aromatic amines is 1. The number of H-pyrrole nitrogens is 1. The van der Waals surface area contributed by atoms with Crippen LogP contribution in [0.25, 0.3) is 11.0 Å². The molecule has 7 nitrogen and oxygen atoms in total. The second kappa shape index (κ2) is 5.00. The van der Waals surface area contributed by atoms with Gasteiger partial charge in [0.05, 0.1) is 11.6 Å². The number of nitrogens with zero attached hydrogens (tertiary/aromatic N) is 4. The number of nitrogens with one attached hydrogen (secondary N) is 1. The molecule has 0 spiro atoms. The molecule has 0 aliphatic carbocycles. The number of nitrogen functional groups attached to an aromatic ring is 1. The number of aliphatic hydroxyl groups excluding tert-OH is 1. The molecule has 0 bridgehead atoms. The number of hydrogen-bond donors (Lipinski definition) is 3. The first-order valence-electron chi connectivity index (χ1n) is 6.63. The van der Waals surface area contributed by atoms with Crippen LogP contribution in [0.1, 0.15) is 25.7 Å². The molecular formula is C12H18N6O. The van der Waals surface area contributed by atoms with Crippen molar-refractivity contribution in [2.75, 3.05) is 23.8 Å². The van der Waals surface area contributed by atoms with Crippen molar-refractivity contribution in [2.45, 2.75) is 31.7 Å². The lowest BCUT2D eigenvalue weighted by atomic mass is 9.99. The van der Waals surface area contributed by atoms with Gasteiger partial charge in [-0.2, -0.15) is 15.1 Å². The van der Waals surface area contributed by atoms with Crippen molar-refractivity contribution in [3.05, 3.63) is 6.20 Å². The van der Waals surface area contributed by atoms with Crippen molar-refractivity contribution in [1.29, 1.82) is 0 Å². The number of aromatic nitrogens is 4.